The summed E-state index contributed by atoms with van der Waals surface area (Å²) in [5.41, 5.74) is 1.92. The number of nitrogens with zero attached hydrogens (tertiary/aromatic N) is 4. The predicted octanol–water partition coefficient (Wildman–Crippen LogP) is 2.92. The molecule has 0 saturated carbocycles. The van der Waals surface area contributed by atoms with Gasteiger partial charge in [-0.25, -0.2) is 0 Å². The Kier molecular flexibility index (Phi) is 4.58. The lowest BCUT2D eigenvalue weighted by Gasteiger charge is -2.34. The van der Waals surface area contributed by atoms with Gasteiger partial charge in [0.1, 0.15) is 5.41 Å². The van der Waals surface area contributed by atoms with E-state index in [4.69, 9.17) is 0 Å². The number of hydrogen-bond acceptors (Lipinski definition) is 4. The zero-order chi connectivity index (χ0) is 20.6. The first-order chi connectivity index (χ1) is 14.7. The highest BCUT2D eigenvalue weighted by molar-refractivity contribution is 6.07. The monoisotopic (exact) mass is 401 g/mol. The number of carbonyl (C=O) groups is 2. The van der Waals surface area contributed by atoms with Crippen LogP contribution in [-0.4, -0.2) is 38.0 Å². The van der Waals surface area contributed by atoms with Gasteiger partial charge in [-0.1, -0.05) is 24.3 Å². The van der Waals surface area contributed by atoms with E-state index in [2.05, 4.69) is 15.4 Å². The molecule has 2 atom stereocenters. The second-order valence-electron chi connectivity index (χ2n) is 7.87. The predicted molar refractivity (Wildman–Crippen MR) is 112 cm³/mol. The molecular formula is C23H23N5O2. The van der Waals surface area contributed by atoms with Gasteiger partial charge in [-0.2, -0.15) is 5.10 Å². The number of para-hydroxylation sites is 1. The van der Waals surface area contributed by atoms with Gasteiger partial charge in [0.2, 0.25) is 11.8 Å². The van der Waals surface area contributed by atoms with Crippen molar-refractivity contribution in [1.29, 1.82) is 0 Å². The van der Waals surface area contributed by atoms with Crippen LogP contribution in [0.2, 0.25) is 0 Å². The topological polar surface area (TPSA) is 80.1 Å². The third-order valence-electron chi connectivity index (χ3n) is 6.24. The molecule has 1 spiro atoms. The summed E-state index contributed by atoms with van der Waals surface area (Å²) in [5.74, 6) is 0.0226. The fourth-order valence-corrected chi connectivity index (χ4v) is 4.93. The molecule has 1 aromatic carbocycles. The molecule has 3 aromatic rings. The molecule has 0 aliphatic carbocycles. The van der Waals surface area contributed by atoms with Gasteiger partial charge < -0.3 is 10.2 Å². The fourth-order valence-electron chi connectivity index (χ4n) is 4.93. The highest BCUT2D eigenvalue weighted by Gasteiger charge is 2.59. The number of anilines is 1. The molecule has 0 radical (unpaired) electrons. The molecule has 1 N–H and O–H groups in total. The number of likely N-dealkylation sites (tertiary alicyclic amines) is 1. The second kappa shape index (κ2) is 7.40. The summed E-state index contributed by atoms with van der Waals surface area (Å²) < 4.78 is 1.83. The van der Waals surface area contributed by atoms with E-state index < -0.39 is 5.41 Å². The molecule has 2 aromatic heterocycles. The summed E-state index contributed by atoms with van der Waals surface area (Å²) in [6.45, 7) is 1.24. The van der Waals surface area contributed by atoms with Crippen LogP contribution in [-0.2, 0) is 21.5 Å². The van der Waals surface area contributed by atoms with Crippen LogP contribution in [0.15, 0.2) is 67.3 Å². The number of amides is 2. The van der Waals surface area contributed by atoms with Crippen molar-refractivity contribution in [3.05, 3.63) is 78.4 Å². The van der Waals surface area contributed by atoms with Crippen LogP contribution >= 0.6 is 0 Å². The minimum Gasteiger partial charge on any atom is -0.334 e. The molecule has 152 valence electrons. The highest BCUT2D eigenvalue weighted by Crippen LogP contribution is 2.54. The van der Waals surface area contributed by atoms with Gasteiger partial charge in [-0.05, 0) is 42.2 Å². The Labute approximate surface area is 174 Å². The van der Waals surface area contributed by atoms with Crippen LogP contribution < -0.4 is 5.32 Å². The average molecular weight is 401 g/mol. The first kappa shape index (κ1) is 18.5. The van der Waals surface area contributed by atoms with E-state index in [0.717, 1.165) is 16.8 Å². The van der Waals surface area contributed by atoms with Crippen molar-refractivity contribution < 1.29 is 9.59 Å². The van der Waals surface area contributed by atoms with Gasteiger partial charge in [0.25, 0.3) is 0 Å². The summed E-state index contributed by atoms with van der Waals surface area (Å²) >= 11 is 0. The Balaban J connectivity index is 1.47. The van der Waals surface area contributed by atoms with E-state index in [1.54, 1.807) is 18.6 Å². The smallest absolute Gasteiger partial charge is 0.237 e. The van der Waals surface area contributed by atoms with Gasteiger partial charge in [-0.3, -0.25) is 19.3 Å². The minimum atomic E-state index is -0.780. The number of benzene rings is 1. The van der Waals surface area contributed by atoms with E-state index in [-0.39, 0.29) is 17.9 Å². The Morgan fingerprint density at radius 2 is 2.07 bits per heavy atom. The van der Waals surface area contributed by atoms with Crippen molar-refractivity contribution in [3.8, 4) is 0 Å². The van der Waals surface area contributed by atoms with Crippen LogP contribution in [0.1, 0.15) is 36.4 Å². The highest BCUT2D eigenvalue weighted by atomic mass is 16.2. The Morgan fingerprint density at radius 1 is 1.17 bits per heavy atom. The SMILES string of the molecule is O=C(CCCn1cccn1)N1CCC2(C(=O)Nc3ccccc32)C1c1cccnc1. The van der Waals surface area contributed by atoms with E-state index in [1.807, 2.05) is 58.2 Å². The number of rotatable bonds is 5. The lowest BCUT2D eigenvalue weighted by molar-refractivity contribution is -0.133. The molecule has 2 amide bonds. The summed E-state index contributed by atoms with van der Waals surface area (Å²) in [6.07, 6.45) is 8.83. The summed E-state index contributed by atoms with van der Waals surface area (Å²) in [7, 11) is 0. The van der Waals surface area contributed by atoms with Crippen LogP contribution in [0.25, 0.3) is 0 Å². The molecule has 7 heteroatoms. The quantitative estimate of drug-likeness (QED) is 0.713. The van der Waals surface area contributed by atoms with E-state index in [9.17, 15) is 9.59 Å². The van der Waals surface area contributed by atoms with Crippen molar-refractivity contribution in [2.45, 2.75) is 37.3 Å². The maximum absolute atomic E-state index is 13.3. The molecule has 7 nitrogen and oxygen atoms in total. The molecule has 1 fully saturated rings. The van der Waals surface area contributed by atoms with Crippen molar-refractivity contribution >= 4 is 17.5 Å². The fraction of sp³-hybridized carbons (Fsp3) is 0.304. The average Bonchev–Trinajstić information content (AvgIpc) is 3.49. The van der Waals surface area contributed by atoms with Crippen molar-refractivity contribution in [3.63, 3.8) is 0 Å². The molecule has 2 aliphatic rings. The third kappa shape index (κ3) is 2.89. The molecule has 0 bridgehead atoms. The molecule has 4 heterocycles. The summed E-state index contributed by atoms with van der Waals surface area (Å²) in [5, 5.41) is 7.24. The lowest BCUT2D eigenvalue weighted by Crippen LogP contribution is -2.42. The maximum Gasteiger partial charge on any atom is 0.237 e. The van der Waals surface area contributed by atoms with E-state index in [0.29, 0.717) is 32.4 Å². The molecule has 2 unspecified atom stereocenters. The van der Waals surface area contributed by atoms with Crippen molar-refractivity contribution in [2.75, 3.05) is 11.9 Å². The van der Waals surface area contributed by atoms with E-state index in [1.165, 1.54) is 0 Å². The van der Waals surface area contributed by atoms with Crippen LogP contribution in [0.5, 0.6) is 0 Å². The van der Waals surface area contributed by atoms with Gasteiger partial charge in [0.15, 0.2) is 0 Å². The number of hydrogen-bond donors (Lipinski definition) is 1. The number of nitrogens with one attached hydrogen (secondary N) is 1. The largest absolute Gasteiger partial charge is 0.334 e. The molecule has 2 aliphatic heterocycles. The van der Waals surface area contributed by atoms with Crippen LogP contribution in [0.3, 0.4) is 0 Å². The number of carbonyl (C=O) groups excluding carboxylic acids is 2. The van der Waals surface area contributed by atoms with Gasteiger partial charge >= 0.3 is 0 Å². The van der Waals surface area contributed by atoms with Gasteiger partial charge in [0.05, 0.1) is 6.04 Å². The first-order valence-electron chi connectivity index (χ1n) is 10.3. The molecule has 5 rings (SSSR count). The lowest BCUT2D eigenvalue weighted by atomic mass is 9.73. The zero-order valence-electron chi connectivity index (χ0n) is 16.6. The van der Waals surface area contributed by atoms with Crippen LogP contribution in [0, 0.1) is 0 Å². The van der Waals surface area contributed by atoms with Gasteiger partial charge in [-0.15, -0.1) is 0 Å². The maximum atomic E-state index is 13.3. The zero-order valence-corrected chi connectivity index (χ0v) is 16.6. The first-order valence-corrected chi connectivity index (χ1v) is 10.3. The Bertz CT molecular complexity index is 1070. The normalized spacial score (nSPS) is 22.3. The Hall–Kier alpha value is -3.48. The standard InChI is InChI=1S/C23H23N5O2/c29-20(9-4-13-27-14-5-12-25-27)28-15-10-23(21(28)17-6-3-11-24-16-17)18-7-1-2-8-19(18)26-22(23)30/h1-3,5-8,11-12,14,16,21H,4,9-10,13,15H2,(H,26,30). The number of fused-ring (bicyclic) bond motifs is 2. The van der Waals surface area contributed by atoms with Crippen LogP contribution in [0.4, 0.5) is 5.69 Å². The molecule has 1 saturated heterocycles. The van der Waals surface area contributed by atoms with Gasteiger partial charge in [0, 0.05) is 50.0 Å². The summed E-state index contributed by atoms with van der Waals surface area (Å²) in [4.78, 5) is 32.7. The van der Waals surface area contributed by atoms with Crippen molar-refractivity contribution in [1.82, 2.24) is 19.7 Å². The second-order valence-corrected chi connectivity index (χ2v) is 7.87. The minimum absolute atomic E-state index is 0.0376. The molecule has 30 heavy (non-hydrogen) atoms. The molecular weight excluding hydrogens is 378 g/mol. The third-order valence-corrected chi connectivity index (χ3v) is 6.24. The number of pyridine rings is 1. The van der Waals surface area contributed by atoms with E-state index >= 15 is 0 Å². The summed E-state index contributed by atoms with van der Waals surface area (Å²) in [6, 6.07) is 13.1. The number of aryl methyl sites for hydroxylation is 1. The Morgan fingerprint density at radius 3 is 2.87 bits per heavy atom. The number of aromatic nitrogens is 3. The van der Waals surface area contributed by atoms with Crippen molar-refractivity contribution in [2.24, 2.45) is 0 Å².